The first-order valence-corrected chi connectivity index (χ1v) is 7.25. The van der Waals surface area contributed by atoms with Gasteiger partial charge < -0.3 is 0 Å². The fourth-order valence-electron chi connectivity index (χ4n) is 1.99. The van der Waals surface area contributed by atoms with Crippen LogP contribution in [0.2, 0.25) is 4.34 Å². The summed E-state index contributed by atoms with van der Waals surface area (Å²) in [5.74, 6) is 0. The lowest BCUT2D eigenvalue weighted by atomic mass is 10.0. The van der Waals surface area contributed by atoms with Gasteiger partial charge in [0.25, 0.3) is 0 Å². The molecule has 1 atom stereocenters. The number of hydrogen-bond acceptors (Lipinski definition) is 1. The molecule has 0 saturated heterocycles. The van der Waals surface area contributed by atoms with Crippen LogP contribution in [0, 0.1) is 0 Å². The summed E-state index contributed by atoms with van der Waals surface area (Å²) < 4.78 is 0.774. The number of rotatable bonds is 2. The first kappa shape index (κ1) is 12.0. The van der Waals surface area contributed by atoms with Crippen LogP contribution in [0.15, 0.2) is 54.6 Å². The van der Waals surface area contributed by atoms with Crippen LogP contribution in [-0.4, -0.2) is 0 Å². The molecule has 0 aliphatic rings. The summed E-state index contributed by atoms with van der Waals surface area (Å²) in [6, 6.07) is 18.5. The number of thiophene rings is 1. The van der Waals surface area contributed by atoms with E-state index in [2.05, 4.69) is 30.3 Å². The van der Waals surface area contributed by atoms with E-state index in [-0.39, 0.29) is 5.38 Å². The molecule has 90 valence electrons. The van der Waals surface area contributed by atoms with Gasteiger partial charge in [-0.1, -0.05) is 48.0 Å². The minimum atomic E-state index is -0.132. The topological polar surface area (TPSA) is 0 Å². The highest BCUT2D eigenvalue weighted by atomic mass is 35.5. The number of benzene rings is 2. The molecule has 0 saturated carbocycles. The van der Waals surface area contributed by atoms with Crippen molar-refractivity contribution in [3.05, 3.63) is 69.4 Å². The van der Waals surface area contributed by atoms with Crippen molar-refractivity contribution in [3.63, 3.8) is 0 Å². The van der Waals surface area contributed by atoms with Crippen molar-refractivity contribution in [1.82, 2.24) is 0 Å². The van der Waals surface area contributed by atoms with Gasteiger partial charge in [-0.15, -0.1) is 22.9 Å². The van der Waals surface area contributed by atoms with E-state index in [0.29, 0.717) is 0 Å². The van der Waals surface area contributed by atoms with Crippen molar-refractivity contribution in [2.45, 2.75) is 5.38 Å². The van der Waals surface area contributed by atoms with Gasteiger partial charge in [0.05, 0.1) is 9.71 Å². The molecule has 18 heavy (non-hydrogen) atoms. The molecule has 0 spiro atoms. The van der Waals surface area contributed by atoms with Gasteiger partial charge in [-0.2, -0.15) is 0 Å². The Hall–Kier alpha value is -1.02. The van der Waals surface area contributed by atoms with Crippen LogP contribution in [0.3, 0.4) is 0 Å². The zero-order valence-electron chi connectivity index (χ0n) is 9.44. The lowest BCUT2D eigenvalue weighted by molar-refractivity contribution is 1.19. The standard InChI is InChI=1S/C15H10Cl2S/c16-14-8-7-13(18-14)15(17)12-6-5-10-3-1-2-4-11(10)9-12/h1-9,15H. The maximum Gasteiger partial charge on any atom is 0.0931 e. The Morgan fingerprint density at radius 3 is 2.39 bits per heavy atom. The second-order valence-corrected chi connectivity index (χ2v) is 6.29. The second kappa shape index (κ2) is 4.93. The van der Waals surface area contributed by atoms with Gasteiger partial charge in [0, 0.05) is 4.88 Å². The molecule has 0 bridgehead atoms. The number of alkyl halides is 1. The molecule has 0 radical (unpaired) electrons. The average Bonchev–Trinajstić information content (AvgIpc) is 2.84. The predicted octanol–water partition coefficient (Wildman–Crippen LogP) is 5.88. The lowest BCUT2D eigenvalue weighted by Gasteiger charge is -2.08. The largest absolute Gasteiger partial charge is 0.127 e. The molecule has 3 heteroatoms. The van der Waals surface area contributed by atoms with Gasteiger partial charge in [-0.05, 0) is 34.5 Å². The molecular weight excluding hydrogens is 283 g/mol. The molecule has 0 N–H and O–H groups in total. The minimum Gasteiger partial charge on any atom is -0.127 e. The van der Waals surface area contributed by atoms with E-state index in [4.69, 9.17) is 23.2 Å². The van der Waals surface area contributed by atoms with Gasteiger partial charge in [0.15, 0.2) is 0 Å². The minimum absolute atomic E-state index is 0.132. The van der Waals surface area contributed by atoms with Crippen LogP contribution in [0.1, 0.15) is 15.8 Å². The van der Waals surface area contributed by atoms with Crippen LogP contribution < -0.4 is 0 Å². The summed E-state index contributed by atoms with van der Waals surface area (Å²) in [6.45, 7) is 0. The highest BCUT2D eigenvalue weighted by Gasteiger charge is 2.13. The van der Waals surface area contributed by atoms with Crippen molar-refractivity contribution >= 4 is 45.3 Å². The quantitative estimate of drug-likeness (QED) is 0.517. The Labute approximate surface area is 120 Å². The molecule has 0 aliphatic heterocycles. The van der Waals surface area contributed by atoms with E-state index in [1.165, 1.54) is 22.1 Å². The molecule has 2 aromatic carbocycles. The van der Waals surface area contributed by atoms with E-state index in [9.17, 15) is 0 Å². The first-order valence-electron chi connectivity index (χ1n) is 5.62. The molecule has 0 fully saturated rings. The van der Waals surface area contributed by atoms with E-state index >= 15 is 0 Å². The highest BCUT2D eigenvalue weighted by molar-refractivity contribution is 7.16. The summed E-state index contributed by atoms with van der Waals surface area (Å²) in [7, 11) is 0. The average molecular weight is 293 g/mol. The Morgan fingerprint density at radius 2 is 1.67 bits per heavy atom. The number of hydrogen-bond donors (Lipinski definition) is 0. The van der Waals surface area contributed by atoms with Crippen LogP contribution in [-0.2, 0) is 0 Å². The normalized spacial score (nSPS) is 12.8. The second-order valence-electron chi connectivity index (χ2n) is 4.11. The third-order valence-corrected chi connectivity index (χ3v) is 4.82. The third-order valence-electron chi connectivity index (χ3n) is 2.91. The van der Waals surface area contributed by atoms with Crippen LogP contribution >= 0.6 is 34.5 Å². The molecule has 1 unspecified atom stereocenters. The molecular formula is C15H10Cl2S. The van der Waals surface area contributed by atoms with Crippen molar-refractivity contribution in [3.8, 4) is 0 Å². The number of fused-ring (bicyclic) bond motifs is 1. The van der Waals surface area contributed by atoms with Crippen LogP contribution in [0.4, 0.5) is 0 Å². The summed E-state index contributed by atoms with van der Waals surface area (Å²) >= 11 is 14.0. The SMILES string of the molecule is Clc1ccc(C(Cl)c2ccc3ccccc3c2)s1. The zero-order valence-corrected chi connectivity index (χ0v) is 11.8. The summed E-state index contributed by atoms with van der Waals surface area (Å²) in [5, 5.41) is 2.31. The molecule has 3 rings (SSSR count). The van der Waals surface area contributed by atoms with E-state index in [1.807, 2.05) is 24.3 Å². The Kier molecular flexibility index (Phi) is 3.29. The zero-order chi connectivity index (χ0) is 12.5. The monoisotopic (exact) mass is 292 g/mol. The van der Waals surface area contributed by atoms with Crippen molar-refractivity contribution in [2.75, 3.05) is 0 Å². The van der Waals surface area contributed by atoms with E-state index in [0.717, 1.165) is 14.8 Å². The first-order chi connectivity index (χ1) is 8.74. The van der Waals surface area contributed by atoms with Crippen molar-refractivity contribution in [1.29, 1.82) is 0 Å². The van der Waals surface area contributed by atoms with Crippen LogP contribution in [0.25, 0.3) is 10.8 Å². The van der Waals surface area contributed by atoms with E-state index in [1.54, 1.807) is 0 Å². The van der Waals surface area contributed by atoms with Crippen LogP contribution in [0.5, 0.6) is 0 Å². The lowest BCUT2D eigenvalue weighted by Crippen LogP contribution is -1.89. The highest BCUT2D eigenvalue weighted by Crippen LogP contribution is 2.36. The summed E-state index contributed by atoms with van der Waals surface area (Å²) in [4.78, 5) is 1.08. The third kappa shape index (κ3) is 2.26. The predicted molar refractivity (Wildman–Crippen MR) is 81.0 cm³/mol. The van der Waals surface area contributed by atoms with Gasteiger partial charge in [0.2, 0.25) is 0 Å². The molecule has 0 amide bonds. The Bertz CT molecular complexity index is 688. The van der Waals surface area contributed by atoms with Gasteiger partial charge >= 0.3 is 0 Å². The molecule has 0 aliphatic carbocycles. The Morgan fingerprint density at radius 1 is 0.889 bits per heavy atom. The fourth-order valence-corrected chi connectivity index (χ4v) is 3.40. The molecule has 0 nitrogen and oxygen atoms in total. The van der Waals surface area contributed by atoms with Crippen molar-refractivity contribution in [2.24, 2.45) is 0 Å². The van der Waals surface area contributed by atoms with Gasteiger partial charge in [0.1, 0.15) is 0 Å². The molecule has 1 aromatic heterocycles. The smallest absolute Gasteiger partial charge is 0.0931 e. The maximum absolute atomic E-state index is 6.50. The Balaban J connectivity index is 2.03. The van der Waals surface area contributed by atoms with E-state index < -0.39 is 0 Å². The van der Waals surface area contributed by atoms with Crippen molar-refractivity contribution < 1.29 is 0 Å². The van der Waals surface area contributed by atoms with Gasteiger partial charge in [-0.3, -0.25) is 0 Å². The number of halogens is 2. The molecule has 3 aromatic rings. The summed E-state index contributed by atoms with van der Waals surface area (Å²) in [6.07, 6.45) is 0. The maximum atomic E-state index is 6.50. The van der Waals surface area contributed by atoms with Gasteiger partial charge in [-0.25, -0.2) is 0 Å². The summed E-state index contributed by atoms with van der Waals surface area (Å²) in [5.41, 5.74) is 1.11. The fraction of sp³-hybridized carbons (Fsp3) is 0.0667. The molecule has 1 heterocycles.